The molecule has 0 bridgehead atoms. The van der Waals surface area contributed by atoms with Gasteiger partial charge in [0, 0.05) is 6.21 Å². The molecule has 0 aromatic heterocycles. The standard InChI is InChI=1S/C5H8N2/c1-2-3-4-5-7-6/h2-5H,1,6H2/b4-3-,7-5-. The summed E-state index contributed by atoms with van der Waals surface area (Å²) in [6.07, 6.45) is 6.59. The van der Waals surface area contributed by atoms with Crippen LogP contribution in [-0.2, 0) is 0 Å². The lowest BCUT2D eigenvalue weighted by Crippen LogP contribution is -1.76. The van der Waals surface area contributed by atoms with E-state index in [0.717, 1.165) is 0 Å². The van der Waals surface area contributed by atoms with E-state index < -0.39 is 0 Å². The van der Waals surface area contributed by atoms with E-state index in [9.17, 15) is 0 Å². The highest BCUT2D eigenvalue weighted by Crippen LogP contribution is 1.65. The molecule has 0 rings (SSSR count). The summed E-state index contributed by atoms with van der Waals surface area (Å²) < 4.78 is 0. The van der Waals surface area contributed by atoms with Gasteiger partial charge in [-0.25, -0.2) is 0 Å². The second-order valence-electron chi connectivity index (χ2n) is 0.919. The Kier molecular flexibility index (Phi) is 4.21. The van der Waals surface area contributed by atoms with Crippen LogP contribution in [0.2, 0.25) is 0 Å². The minimum atomic E-state index is 1.49. The number of rotatable bonds is 2. The first-order valence-corrected chi connectivity index (χ1v) is 1.92. The second kappa shape index (κ2) is 4.95. The van der Waals surface area contributed by atoms with Crippen LogP contribution in [0.4, 0.5) is 0 Å². The average molecular weight is 96.1 g/mol. The smallest absolute Gasteiger partial charge is 0.0465 e. The number of allylic oxidation sites excluding steroid dienone is 3. The van der Waals surface area contributed by atoms with E-state index in [1.54, 1.807) is 18.2 Å². The summed E-state index contributed by atoms with van der Waals surface area (Å²) in [7, 11) is 0. The molecule has 0 unspecified atom stereocenters. The van der Waals surface area contributed by atoms with Gasteiger partial charge in [0.25, 0.3) is 0 Å². The maximum absolute atomic E-state index is 4.75. The average Bonchev–Trinajstić information content (AvgIpc) is 1.69. The second-order valence-corrected chi connectivity index (χ2v) is 0.919. The number of hydrogen-bond acceptors (Lipinski definition) is 2. The summed E-state index contributed by atoms with van der Waals surface area (Å²) >= 11 is 0. The summed E-state index contributed by atoms with van der Waals surface area (Å²) in [6, 6.07) is 0. The number of hydrazone groups is 1. The molecule has 0 heterocycles. The third kappa shape index (κ3) is 4.95. The van der Waals surface area contributed by atoms with Gasteiger partial charge in [-0.05, 0) is 6.08 Å². The van der Waals surface area contributed by atoms with Gasteiger partial charge in [0.1, 0.15) is 0 Å². The minimum Gasteiger partial charge on any atom is -0.323 e. The molecule has 0 spiro atoms. The third-order valence-electron chi connectivity index (χ3n) is 0.419. The van der Waals surface area contributed by atoms with Gasteiger partial charge >= 0.3 is 0 Å². The van der Waals surface area contributed by atoms with Crippen molar-refractivity contribution in [2.24, 2.45) is 10.9 Å². The van der Waals surface area contributed by atoms with Crippen LogP contribution in [0.25, 0.3) is 0 Å². The highest BCUT2D eigenvalue weighted by Gasteiger charge is 1.53. The zero-order chi connectivity index (χ0) is 5.54. The predicted octanol–water partition coefficient (Wildman–Crippen LogP) is 0.673. The van der Waals surface area contributed by atoms with E-state index in [0.29, 0.717) is 0 Å². The lowest BCUT2D eigenvalue weighted by Gasteiger charge is -1.66. The molecule has 38 valence electrons. The molecule has 0 saturated heterocycles. The summed E-state index contributed by atoms with van der Waals surface area (Å²) in [4.78, 5) is 0. The monoisotopic (exact) mass is 96.1 g/mol. The SMILES string of the molecule is C=C/C=C\C=N/N. The summed E-state index contributed by atoms with van der Waals surface area (Å²) in [6.45, 7) is 3.44. The molecule has 0 aromatic carbocycles. The molecule has 0 aliphatic rings. The first kappa shape index (κ1) is 5.95. The van der Waals surface area contributed by atoms with Crippen molar-refractivity contribution in [3.8, 4) is 0 Å². The maximum Gasteiger partial charge on any atom is 0.0465 e. The fourth-order valence-electron chi connectivity index (χ4n) is 0.178. The number of hydrogen-bond donors (Lipinski definition) is 1. The van der Waals surface area contributed by atoms with E-state index in [-0.39, 0.29) is 0 Å². The van der Waals surface area contributed by atoms with Crippen molar-refractivity contribution in [3.05, 3.63) is 24.8 Å². The van der Waals surface area contributed by atoms with Crippen LogP contribution in [0.3, 0.4) is 0 Å². The molecular weight excluding hydrogens is 88.1 g/mol. The van der Waals surface area contributed by atoms with E-state index in [2.05, 4.69) is 11.7 Å². The van der Waals surface area contributed by atoms with Crippen LogP contribution >= 0.6 is 0 Å². The lowest BCUT2D eigenvalue weighted by molar-refractivity contribution is 1.27. The summed E-state index contributed by atoms with van der Waals surface area (Å²) in [5, 5.41) is 3.21. The molecule has 2 N–H and O–H groups in total. The summed E-state index contributed by atoms with van der Waals surface area (Å²) in [5.41, 5.74) is 0. The van der Waals surface area contributed by atoms with Crippen molar-refractivity contribution in [2.45, 2.75) is 0 Å². The molecule has 2 heteroatoms. The van der Waals surface area contributed by atoms with Crippen molar-refractivity contribution in [2.75, 3.05) is 0 Å². The minimum absolute atomic E-state index is 1.49. The molecule has 7 heavy (non-hydrogen) atoms. The van der Waals surface area contributed by atoms with Crippen LogP contribution in [0.5, 0.6) is 0 Å². The van der Waals surface area contributed by atoms with Gasteiger partial charge in [0.2, 0.25) is 0 Å². The van der Waals surface area contributed by atoms with Gasteiger partial charge in [0.05, 0.1) is 0 Å². The zero-order valence-corrected chi connectivity index (χ0v) is 4.04. The molecule has 0 atom stereocenters. The predicted molar refractivity (Wildman–Crippen MR) is 32.0 cm³/mol. The van der Waals surface area contributed by atoms with Crippen LogP contribution < -0.4 is 5.84 Å². The molecule has 0 radical (unpaired) electrons. The van der Waals surface area contributed by atoms with Crippen LogP contribution in [0, 0.1) is 0 Å². The quantitative estimate of drug-likeness (QED) is 0.233. The van der Waals surface area contributed by atoms with Gasteiger partial charge in [0.15, 0.2) is 0 Å². The fourth-order valence-corrected chi connectivity index (χ4v) is 0.178. The fraction of sp³-hybridized carbons (Fsp3) is 0. The van der Waals surface area contributed by atoms with Crippen molar-refractivity contribution in [3.63, 3.8) is 0 Å². The highest BCUT2D eigenvalue weighted by atomic mass is 15.1. The van der Waals surface area contributed by atoms with E-state index >= 15 is 0 Å². The normalized spacial score (nSPS) is 10.9. The maximum atomic E-state index is 4.75. The highest BCUT2D eigenvalue weighted by molar-refractivity contribution is 5.70. The number of nitrogens with two attached hydrogens (primary N) is 1. The van der Waals surface area contributed by atoms with Gasteiger partial charge in [-0.2, -0.15) is 5.10 Å². The Balaban J connectivity index is 3.27. The Morgan fingerprint density at radius 2 is 2.14 bits per heavy atom. The first-order valence-electron chi connectivity index (χ1n) is 1.92. The van der Waals surface area contributed by atoms with Crippen LogP contribution in [0.15, 0.2) is 29.9 Å². The van der Waals surface area contributed by atoms with Crippen molar-refractivity contribution >= 4 is 6.21 Å². The topological polar surface area (TPSA) is 38.4 Å². The van der Waals surface area contributed by atoms with E-state index in [4.69, 9.17) is 5.84 Å². The number of nitrogens with zero attached hydrogens (tertiary/aromatic N) is 1. The Labute approximate surface area is 43.0 Å². The zero-order valence-electron chi connectivity index (χ0n) is 4.04. The molecule has 0 fully saturated rings. The van der Waals surface area contributed by atoms with Gasteiger partial charge in [-0.1, -0.05) is 18.7 Å². The van der Waals surface area contributed by atoms with Gasteiger partial charge < -0.3 is 5.84 Å². The molecule has 0 amide bonds. The van der Waals surface area contributed by atoms with E-state index in [1.807, 2.05) is 0 Å². The molecule has 0 aliphatic carbocycles. The lowest BCUT2D eigenvalue weighted by atomic mass is 10.5. The molecular formula is C5H8N2. The van der Waals surface area contributed by atoms with Crippen LogP contribution in [0.1, 0.15) is 0 Å². The van der Waals surface area contributed by atoms with Crippen molar-refractivity contribution in [1.82, 2.24) is 0 Å². The molecule has 0 saturated carbocycles. The first-order chi connectivity index (χ1) is 3.41. The Bertz CT molecular complexity index is 92.3. The largest absolute Gasteiger partial charge is 0.323 e. The van der Waals surface area contributed by atoms with Gasteiger partial charge in [-0.3, -0.25) is 0 Å². The third-order valence-corrected chi connectivity index (χ3v) is 0.419. The summed E-state index contributed by atoms with van der Waals surface area (Å²) in [5.74, 6) is 4.75. The van der Waals surface area contributed by atoms with Gasteiger partial charge in [-0.15, -0.1) is 0 Å². The molecule has 0 aromatic rings. The van der Waals surface area contributed by atoms with Crippen molar-refractivity contribution < 1.29 is 0 Å². The molecule has 0 aliphatic heterocycles. The Hall–Kier alpha value is -1.05. The Morgan fingerprint density at radius 3 is 2.57 bits per heavy atom. The van der Waals surface area contributed by atoms with Crippen molar-refractivity contribution in [1.29, 1.82) is 0 Å². The Morgan fingerprint density at radius 1 is 1.43 bits per heavy atom. The van der Waals surface area contributed by atoms with Crippen LogP contribution in [-0.4, -0.2) is 6.21 Å². The van der Waals surface area contributed by atoms with E-state index in [1.165, 1.54) is 6.21 Å². The molecule has 2 nitrogen and oxygen atoms in total.